The topological polar surface area (TPSA) is 118 Å². The van der Waals surface area contributed by atoms with Crippen molar-refractivity contribution in [2.45, 2.75) is 31.3 Å². The van der Waals surface area contributed by atoms with Crippen LogP contribution in [-0.4, -0.2) is 39.9 Å². The van der Waals surface area contributed by atoms with E-state index in [1.54, 1.807) is 54.6 Å². The fourth-order valence-electron chi connectivity index (χ4n) is 3.56. The number of nitrogens with one attached hydrogen (secondary N) is 2. The van der Waals surface area contributed by atoms with Gasteiger partial charge in [-0.25, -0.2) is 13.1 Å². The van der Waals surface area contributed by atoms with Crippen LogP contribution in [-0.2, 0) is 26.2 Å². The van der Waals surface area contributed by atoms with E-state index >= 15 is 0 Å². The summed E-state index contributed by atoms with van der Waals surface area (Å²) in [4.78, 5) is 28.1. The molecule has 2 N–H and O–H groups in total. The predicted molar refractivity (Wildman–Crippen MR) is 131 cm³/mol. The molecule has 0 aliphatic heterocycles. The number of benzene rings is 2. The molecule has 0 bridgehead atoms. The number of carbonyl (C=O) groups is 2. The molecule has 0 fully saturated rings. The van der Waals surface area contributed by atoms with E-state index in [2.05, 4.69) is 10.0 Å². The van der Waals surface area contributed by atoms with Crippen LogP contribution in [0.3, 0.4) is 0 Å². The second kappa shape index (κ2) is 11.7. The zero-order valence-electron chi connectivity index (χ0n) is 19.8. The van der Waals surface area contributed by atoms with Crippen molar-refractivity contribution in [3.63, 3.8) is 0 Å². The van der Waals surface area contributed by atoms with Gasteiger partial charge in [0.1, 0.15) is 17.6 Å². The van der Waals surface area contributed by atoms with E-state index < -0.39 is 34.4 Å². The molecule has 3 rings (SSSR count). The summed E-state index contributed by atoms with van der Waals surface area (Å²) in [5.41, 5.74) is 0.403. The molecule has 0 aliphatic carbocycles. The SMILES string of the molecule is COc1cccc(N(C(=O)CNS(=O)(=O)c2ccccc2)C(C(=O)NCc2ccco2)C(C)C)c1. The Hall–Kier alpha value is -3.63. The Balaban J connectivity index is 1.89. The highest BCUT2D eigenvalue weighted by Gasteiger charge is 2.34. The van der Waals surface area contributed by atoms with Gasteiger partial charge in [-0.2, -0.15) is 0 Å². The first-order valence-corrected chi connectivity index (χ1v) is 12.5. The highest BCUT2D eigenvalue weighted by Crippen LogP contribution is 2.26. The smallest absolute Gasteiger partial charge is 0.243 e. The highest BCUT2D eigenvalue weighted by atomic mass is 32.2. The summed E-state index contributed by atoms with van der Waals surface area (Å²) in [7, 11) is -2.43. The molecular weight excluding hydrogens is 470 g/mol. The van der Waals surface area contributed by atoms with Crippen molar-refractivity contribution in [1.82, 2.24) is 10.0 Å². The predicted octanol–water partition coefficient (Wildman–Crippen LogP) is 2.94. The number of amides is 2. The summed E-state index contributed by atoms with van der Waals surface area (Å²) < 4.78 is 38.3. The zero-order valence-corrected chi connectivity index (χ0v) is 20.6. The van der Waals surface area contributed by atoms with E-state index in [0.29, 0.717) is 17.2 Å². The normalized spacial score (nSPS) is 12.2. The van der Waals surface area contributed by atoms with E-state index in [0.717, 1.165) is 0 Å². The van der Waals surface area contributed by atoms with Gasteiger partial charge in [0, 0.05) is 11.8 Å². The molecule has 0 saturated heterocycles. The molecule has 35 heavy (non-hydrogen) atoms. The Kier molecular flexibility index (Phi) is 8.67. The number of methoxy groups -OCH3 is 1. The van der Waals surface area contributed by atoms with Crippen LogP contribution in [0.1, 0.15) is 19.6 Å². The van der Waals surface area contributed by atoms with Crippen LogP contribution in [0.25, 0.3) is 0 Å². The average Bonchev–Trinajstić information content (AvgIpc) is 3.38. The summed E-state index contributed by atoms with van der Waals surface area (Å²) in [5, 5.41) is 2.80. The molecule has 1 heterocycles. The number of hydrogen-bond acceptors (Lipinski definition) is 6. The highest BCUT2D eigenvalue weighted by molar-refractivity contribution is 7.89. The molecule has 3 aromatic rings. The number of carbonyl (C=O) groups excluding carboxylic acids is 2. The number of rotatable bonds is 11. The van der Waals surface area contributed by atoms with Crippen molar-refractivity contribution in [3.05, 3.63) is 78.8 Å². The van der Waals surface area contributed by atoms with Crippen LogP contribution in [0.2, 0.25) is 0 Å². The van der Waals surface area contributed by atoms with E-state index in [9.17, 15) is 18.0 Å². The molecule has 10 heteroatoms. The summed E-state index contributed by atoms with van der Waals surface area (Å²) in [6, 6.07) is 17.0. The van der Waals surface area contributed by atoms with Crippen molar-refractivity contribution >= 4 is 27.5 Å². The zero-order chi connectivity index (χ0) is 25.4. The molecular formula is C25H29N3O6S. The number of nitrogens with zero attached hydrogens (tertiary/aromatic N) is 1. The van der Waals surface area contributed by atoms with Gasteiger partial charge < -0.3 is 14.5 Å². The third-order valence-corrected chi connectivity index (χ3v) is 6.68. The van der Waals surface area contributed by atoms with Crippen LogP contribution in [0.5, 0.6) is 5.75 Å². The Morgan fingerprint density at radius 3 is 2.40 bits per heavy atom. The maximum Gasteiger partial charge on any atom is 0.243 e. The lowest BCUT2D eigenvalue weighted by Gasteiger charge is -2.33. The number of anilines is 1. The minimum atomic E-state index is -3.93. The van der Waals surface area contributed by atoms with Gasteiger partial charge in [0.15, 0.2) is 0 Å². The van der Waals surface area contributed by atoms with E-state index in [1.165, 1.54) is 30.4 Å². The summed E-state index contributed by atoms with van der Waals surface area (Å²) in [6.45, 7) is 3.23. The monoisotopic (exact) mass is 499 g/mol. The minimum absolute atomic E-state index is 0.0392. The van der Waals surface area contributed by atoms with Gasteiger partial charge in [-0.05, 0) is 42.3 Å². The molecule has 0 spiro atoms. The fraction of sp³-hybridized carbons (Fsp3) is 0.280. The molecule has 9 nitrogen and oxygen atoms in total. The Bertz CT molecular complexity index is 1230. The molecule has 2 aromatic carbocycles. The minimum Gasteiger partial charge on any atom is -0.497 e. The van der Waals surface area contributed by atoms with Crippen LogP contribution < -0.4 is 19.7 Å². The van der Waals surface area contributed by atoms with Crippen molar-refractivity contribution in [2.24, 2.45) is 5.92 Å². The lowest BCUT2D eigenvalue weighted by molar-refractivity contribution is -0.127. The summed E-state index contributed by atoms with van der Waals surface area (Å²) >= 11 is 0. The molecule has 186 valence electrons. The summed E-state index contributed by atoms with van der Waals surface area (Å²) in [5.74, 6) is -0.241. The van der Waals surface area contributed by atoms with Crippen LogP contribution in [0.4, 0.5) is 5.69 Å². The Morgan fingerprint density at radius 1 is 1.03 bits per heavy atom. The standard InChI is InChI=1S/C25H29N3O6S/c1-18(2)24(25(30)26-16-21-11-8-14-34-21)28(19-9-7-10-20(15-19)33-3)23(29)17-27-35(31,32)22-12-5-4-6-13-22/h4-15,18,24,27H,16-17H2,1-3H3,(H,26,30). The van der Waals surface area contributed by atoms with Crippen LogP contribution in [0.15, 0.2) is 82.3 Å². The third-order valence-electron chi connectivity index (χ3n) is 5.26. The van der Waals surface area contributed by atoms with E-state index in [-0.39, 0.29) is 17.4 Å². The van der Waals surface area contributed by atoms with E-state index in [1.807, 2.05) is 13.8 Å². The molecule has 0 aliphatic rings. The maximum absolute atomic E-state index is 13.5. The third kappa shape index (κ3) is 6.71. The van der Waals surface area contributed by atoms with Crippen molar-refractivity contribution < 1.29 is 27.2 Å². The number of hydrogen-bond donors (Lipinski definition) is 2. The van der Waals surface area contributed by atoms with Gasteiger partial charge in [0.25, 0.3) is 0 Å². The number of furan rings is 1. The molecule has 0 saturated carbocycles. The summed E-state index contributed by atoms with van der Waals surface area (Å²) in [6.07, 6.45) is 1.51. The van der Waals surface area contributed by atoms with E-state index in [4.69, 9.17) is 9.15 Å². The van der Waals surface area contributed by atoms with Crippen LogP contribution in [0, 0.1) is 5.92 Å². The number of sulfonamides is 1. The first kappa shape index (κ1) is 26.0. The fourth-order valence-corrected chi connectivity index (χ4v) is 4.55. The first-order chi connectivity index (χ1) is 16.7. The van der Waals surface area contributed by atoms with Crippen molar-refractivity contribution in [1.29, 1.82) is 0 Å². The van der Waals surface area contributed by atoms with Crippen molar-refractivity contribution in [2.75, 3.05) is 18.6 Å². The van der Waals surface area contributed by atoms with Crippen LogP contribution >= 0.6 is 0 Å². The molecule has 1 unspecified atom stereocenters. The molecule has 0 radical (unpaired) electrons. The quantitative estimate of drug-likeness (QED) is 0.419. The molecule has 1 atom stereocenters. The average molecular weight is 500 g/mol. The molecule has 1 aromatic heterocycles. The maximum atomic E-state index is 13.5. The Labute approximate surface area is 205 Å². The van der Waals surface area contributed by atoms with Gasteiger partial charge in [0.05, 0.1) is 31.4 Å². The largest absolute Gasteiger partial charge is 0.497 e. The number of ether oxygens (including phenoxy) is 1. The second-order valence-electron chi connectivity index (χ2n) is 8.09. The second-order valence-corrected chi connectivity index (χ2v) is 9.86. The van der Waals surface area contributed by atoms with Gasteiger partial charge in [-0.1, -0.05) is 38.1 Å². The van der Waals surface area contributed by atoms with Gasteiger partial charge in [-0.15, -0.1) is 0 Å². The first-order valence-electron chi connectivity index (χ1n) is 11.0. The van der Waals surface area contributed by atoms with Gasteiger partial charge in [0.2, 0.25) is 21.8 Å². The molecule has 2 amide bonds. The van der Waals surface area contributed by atoms with Gasteiger partial charge in [-0.3, -0.25) is 14.5 Å². The lowest BCUT2D eigenvalue weighted by atomic mass is 10.00. The van der Waals surface area contributed by atoms with Gasteiger partial charge >= 0.3 is 0 Å². The lowest BCUT2D eigenvalue weighted by Crippen LogP contribution is -2.54. The Morgan fingerprint density at radius 2 is 1.77 bits per heavy atom. The van der Waals surface area contributed by atoms with Crippen molar-refractivity contribution in [3.8, 4) is 5.75 Å².